The minimum Gasteiger partial charge on any atom is -0.499 e. The number of alkyl halides is 3. The molecule has 0 spiro atoms. The van der Waals surface area contributed by atoms with Gasteiger partial charge in [-0.3, -0.25) is 19.3 Å². The van der Waals surface area contributed by atoms with Crippen LogP contribution in [0.4, 0.5) is 0 Å². The molecular formula is C17H25Cl3N2O4. The Bertz CT molecular complexity index is 573. The third-order valence-electron chi connectivity index (χ3n) is 3.98. The molecule has 1 N–H and O–H groups in total. The predicted octanol–water partition coefficient (Wildman–Crippen LogP) is 3.35. The first-order valence-corrected chi connectivity index (χ1v) is 9.62. The van der Waals surface area contributed by atoms with E-state index in [-0.39, 0.29) is 31.1 Å². The quantitative estimate of drug-likeness (QED) is 0.603. The van der Waals surface area contributed by atoms with Crippen LogP contribution in [-0.2, 0) is 19.1 Å². The highest BCUT2D eigenvalue weighted by atomic mass is 35.6. The number of hydrogen-bond donors (Lipinski definition) is 1. The highest BCUT2D eigenvalue weighted by Gasteiger charge is 2.42. The van der Waals surface area contributed by atoms with Crippen molar-refractivity contribution in [3.63, 3.8) is 0 Å². The zero-order chi connectivity index (χ0) is 20.1. The Morgan fingerprint density at radius 3 is 2.42 bits per heavy atom. The molecule has 26 heavy (non-hydrogen) atoms. The van der Waals surface area contributed by atoms with Crippen molar-refractivity contribution in [1.29, 1.82) is 0 Å². The van der Waals surface area contributed by atoms with Crippen LogP contribution in [0.1, 0.15) is 46.5 Å². The molecule has 2 atom stereocenters. The van der Waals surface area contributed by atoms with Gasteiger partial charge in [0.1, 0.15) is 11.8 Å². The molecule has 0 bridgehead atoms. The number of imide groups is 1. The zero-order valence-corrected chi connectivity index (χ0v) is 17.6. The lowest BCUT2D eigenvalue weighted by Gasteiger charge is -2.30. The molecular weight excluding hydrogens is 403 g/mol. The van der Waals surface area contributed by atoms with Gasteiger partial charge < -0.3 is 10.1 Å². The van der Waals surface area contributed by atoms with E-state index in [1.54, 1.807) is 6.92 Å². The number of ether oxygens (including phenoxy) is 1. The highest BCUT2D eigenvalue weighted by molar-refractivity contribution is 6.67. The number of rotatable bonds is 8. The summed E-state index contributed by atoms with van der Waals surface area (Å²) in [6.07, 6.45) is 2.29. The lowest BCUT2D eigenvalue weighted by atomic mass is 10.0. The van der Waals surface area contributed by atoms with Gasteiger partial charge in [-0.2, -0.15) is 0 Å². The molecule has 9 heteroatoms. The molecule has 1 rings (SSSR count). The molecule has 3 amide bonds. The van der Waals surface area contributed by atoms with Gasteiger partial charge in [-0.25, -0.2) is 0 Å². The van der Waals surface area contributed by atoms with Crippen LogP contribution in [0.25, 0.3) is 0 Å². The summed E-state index contributed by atoms with van der Waals surface area (Å²) < 4.78 is 3.73. The maximum Gasteiger partial charge on any atom is 0.257 e. The maximum absolute atomic E-state index is 13.0. The van der Waals surface area contributed by atoms with Crippen molar-refractivity contribution in [2.45, 2.75) is 62.3 Å². The molecule has 6 nitrogen and oxygen atoms in total. The van der Waals surface area contributed by atoms with E-state index in [0.29, 0.717) is 12.2 Å². The summed E-state index contributed by atoms with van der Waals surface area (Å²) in [4.78, 5) is 38.3. The minimum atomic E-state index is -1.51. The number of halogens is 3. The average molecular weight is 428 g/mol. The van der Waals surface area contributed by atoms with E-state index in [1.165, 1.54) is 13.2 Å². The van der Waals surface area contributed by atoms with Gasteiger partial charge in [-0.1, -0.05) is 55.6 Å². The van der Waals surface area contributed by atoms with Crippen LogP contribution in [0.2, 0.25) is 0 Å². The minimum absolute atomic E-state index is 0.135. The molecule has 0 aromatic heterocycles. The Kier molecular flexibility index (Phi) is 8.70. The van der Waals surface area contributed by atoms with Crippen molar-refractivity contribution in [1.82, 2.24) is 10.2 Å². The summed E-state index contributed by atoms with van der Waals surface area (Å²) in [5.74, 6) is -0.756. The fourth-order valence-electron chi connectivity index (χ4n) is 2.75. The van der Waals surface area contributed by atoms with Gasteiger partial charge in [0.05, 0.1) is 13.2 Å². The number of nitrogens with zero attached hydrogens (tertiary/aromatic N) is 1. The lowest BCUT2D eigenvalue weighted by molar-refractivity contribution is -0.146. The molecule has 1 heterocycles. The van der Waals surface area contributed by atoms with Crippen LogP contribution in [0, 0.1) is 5.92 Å². The van der Waals surface area contributed by atoms with Crippen molar-refractivity contribution >= 4 is 52.5 Å². The molecule has 0 fully saturated rings. The number of nitrogens with one attached hydrogen (secondary N) is 1. The summed E-state index contributed by atoms with van der Waals surface area (Å²) in [7, 11) is 1.42. The van der Waals surface area contributed by atoms with E-state index in [2.05, 4.69) is 5.32 Å². The first kappa shape index (κ1) is 23.1. The predicted molar refractivity (Wildman–Crippen MR) is 102 cm³/mol. The smallest absolute Gasteiger partial charge is 0.257 e. The summed E-state index contributed by atoms with van der Waals surface area (Å²) in [6.45, 7) is 5.56. The average Bonchev–Trinajstić information content (AvgIpc) is 2.85. The van der Waals surface area contributed by atoms with Crippen molar-refractivity contribution in [2.24, 2.45) is 5.92 Å². The molecule has 148 valence electrons. The van der Waals surface area contributed by atoms with Crippen LogP contribution in [0.5, 0.6) is 0 Å². The van der Waals surface area contributed by atoms with Crippen LogP contribution < -0.4 is 5.32 Å². The van der Waals surface area contributed by atoms with Crippen LogP contribution in [0.3, 0.4) is 0 Å². The van der Waals surface area contributed by atoms with Gasteiger partial charge in [-0.15, -0.1) is 0 Å². The van der Waals surface area contributed by atoms with Crippen LogP contribution >= 0.6 is 34.8 Å². The molecule has 0 aromatic rings. The Balaban J connectivity index is 3.05. The van der Waals surface area contributed by atoms with Crippen molar-refractivity contribution in [3.8, 4) is 0 Å². The van der Waals surface area contributed by atoms with Crippen molar-refractivity contribution in [2.75, 3.05) is 7.11 Å². The van der Waals surface area contributed by atoms with E-state index in [4.69, 9.17) is 39.5 Å². The van der Waals surface area contributed by atoms with Gasteiger partial charge in [-0.05, 0) is 25.2 Å². The largest absolute Gasteiger partial charge is 0.499 e. The molecule has 0 radical (unpaired) electrons. The number of amides is 3. The van der Waals surface area contributed by atoms with Gasteiger partial charge in [0.25, 0.3) is 11.8 Å². The van der Waals surface area contributed by atoms with Gasteiger partial charge in [0.2, 0.25) is 5.91 Å². The summed E-state index contributed by atoms with van der Waals surface area (Å²) in [5.41, 5.74) is 0. The Morgan fingerprint density at radius 2 is 1.96 bits per heavy atom. The molecule has 0 saturated carbocycles. The standard InChI is InChI=1S/C17H25Cl3N2O4/c1-5-14(23)21-11(8-10(2)3)16(25)22-12(6-7-17(18,19)20)13(26-4)9-15(22)24/h9-12H,5-8H2,1-4H3,(H,21,23)/t11-,12+/m0/s1. The second-order valence-electron chi connectivity index (χ2n) is 6.57. The fourth-order valence-corrected chi connectivity index (χ4v) is 3.08. The fraction of sp³-hybridized carbons (Fsp3) is 0.706. The summed E-state index contributed by atoms with van der Waals surface area (Å²) >= 11 is 17.4. The van der Waals surface area contributed by atoms with E-state index in [1.807, 2.05) is 13.8 Å². The molecule has 1 aliphatic rings. The van der Waals surface area contributed by atoms with E-state index in [0.717, 1.165) is 4.90 Å². The van der Waals surface area contributed by atoms with Crippen molar-refractivity contribution < 1.29 is 19.1 Å². The van der Waals surface area contributed by atoms with Gasteiger partial charge in [0.15, 0.2) is 3.79 Å². The second-order valence-corrected chi connectivity index (χ2v) is 9.09. The number of hydrogen-bond acceptors (Lipinski definition) is 4. The third kappa shape index (κ3) is 6.63. The molecule has 0 aromatic carbocycles. The van der Waals surface area contributed by atoms with E-state index >= 15 is 0 Å². The van der Waals surface area contributed by atoms with Gasteiger partial charge >= 0.3 is 0 Å². The summed E-state index contributed by atoms with van der Waals surface area (Å²) in [6, 6.07) is -1.46. The van der Waals surface area contributed by atoms with Crippen LogP contribution in [-0.4, -0.2) is 45.6 Å². The molecule has 0 unspecified atom stereocenters. The third-order valence-corrected chi connectivity index (χ3v) is 4.55. The van der Waals surface area contributed by atoms with Crippen LogP contribution in [0.15, 0.2) is 11.8 Å². The van der Waals surface area contributed by atoms with E-state index in [9.17, 15) is 14.4 Å². The summed E-state index contributed by atoms with van der Waals surface area (Å²) in [5, 5.41) is 2.70. The van der Waals surface area contributed by atoms with Crippen molar-refractivity contribution in [3.05, 3.63) is 11.8 Å². The highest BCUT2D eigenvalue weighted by Crippen LogP contribution is 2.35. The monoisotopic (exact) mass is 426 g/mol. The Morgan fingerprint density at radius 1 is 1.35 bits per heavy atom. The van der Waals surface area contributed by atoms with E-state index < -0.39 is 27.7 Å². The van der Waals surface area contributed by atoms with Gasteiger partial charge in [0, 0.05) is 12.5 Å². The molecule has 0 saturated heterocycles. The normalized spacial score (nSPS) is 18.8. The first-order valence-electron chi connectivity index (χ1n) is 8.48. The SMILES string of the molecule is CCC(=O)N[C@@H](CC(C)C)C(=O)N1C(=O)C=C(OC)[C@H]1CCC(Cl)(Cl)Cl. The maximum atomic E-state index is 13.0. The molecule has 1 aliphatic heterocycles. The zero-order valence-electron chi connectivity index (χ0n) is 15.4. The first-order chi connectivity index (χ1) is 12.0. The molecule has 0 aliphatic carbocycles. The topological polar surface area (TPSA) is 75.7 Å². The second kappa shape index (κ2) is 9.81. The number of carbonyl (C=O) groups excluding carboxylic acids is 3. The Labute approximate surface area is 169 Å². The Hall–Kier alpha value is -0.980. The number of methoxy groups -OCH3 is 1. The number of carbonyl (C=O) groups is 3. The lowest BCUT2D eigenvalue weighted by Crippen LogP contribution is -2.52.